The van der Waals surface area contributed by atoms with Gasteiger partial charge in [-0.2, -0.15) is 0 Å². The second kappa shape index (κ2) is 10.1. The van der Waals surface area contributed by atoms with Crippen molar-refractivity contribution >= 4 is 50.3 Å². The number of fused-ring (bicyclic) bond motifs is 1. The summed E-state index contributed by atoms with van der Waals surface area (Å²) in [5, 5.41) is 1.29. The van der Waals surface area contributed by atoms with Crippen LogP contribution in [0.4, 0.5) is 5.13 Å². The fourth-order valence-corrected chi connectivity index (χ4v) is 4.61. The molecule has 0 spiro atoms. The summed E-state index contributed by atoms with van der Waals surface area (Å²) < 4.78 is 11.6. The number of anilines is 1. The number of methoxy groups -OCH3 is 2. The molecule has 0 aliphatic rings. The van der Waals surface area contributed by atoms with Crippen LogP contribution in [0.1, 0.15) is 16.7 Å². The molecule has 0 saturated heterocycles. The SMILES string of the molecule is COc1ccc(/C=C/C(=O)N(Cc2ccccc2)c2nc3c(C)c(Cl)ccc3s2)cc1OC. The third kappa shape index (κ3) is 5.02. The Morgan fingerprint density at radius 1 is 1.06 bits per heavy atom. The second-order valence-electron chi connectivity index (χ2n) is 7.37. The van der Waals surface area contributed by atoms with Crippen LogP contribution in [0, 0.1) is 6.92 Å². The van der Waals surface area contributed by atoms with Gasteiger partial charge in [-0.15, -0.1) is 0 Å². The Balaban J connectivity index is 1.68. The first kappa shape index (κ1) is 22.8. The molecule has 4 aromatic rings. The quantitative estimate of drug-likeness (QED) is 0.284. The number of hydrogen-bond acceptors (Lipinski definition) is 5. The Kier molecular flexibility index (Phi) is 6.96. The number of rotatable bonds is 7. The molecule has 168 valence electrons. The highest BCUT2D eigenvalue weighted by molar-refractivity contribution is 7.22. The van der Waals surface area contributed by atoms with Gasteiger partial charge in [-0.05, 0) is 54.0 Å². The lowest BCUT2D eigenvalue weighted by Crippen LogP contribution is -2.28. The van der Waals surface area contributed by atoms with Crippen LogP contribution in [0.25, 0.3) is 16.3 Å². The molecular formula is C26H23ClN2O3S. The maximum atomic E-state index is 13.4. The average molecular weight is 479 g/mol. The van der Waals surface area contributed by atoms with E-state index in [4.69, 9.17) is 26.1 Å². The van der Waals surface area contributed by atoms with E-state index in [1.165, 1.54) is 11.3 Å². The number of ether oxygens (including phenoxy) is 2. The first-order chi connectivity index (χ1) is 16.0. The number of benzene rings is 3. The standard InChI is InChI=1S/C26H23ClN2O3S/c1-17-20(27)11-13-23-25(17)28-26(33-23)29(16-19-7-5-4-6-8-19)24(30)14-10-18-9-12-21(31-2)22(15-18)32-3/h4-15H,16H2,1-3H3/b14-10+. The van der Waals surface area contributed by atoms with E-state index in [9.17, 15) is 4.79 Å². The van der Waals surface area contributed by atoms with Gasteiger partial charge in [-0.1, -0.05) is 59.3 Å². The number of thiazole rings is 1. The number of nitrogens with zero attached hydrogens (tertiary/aromatic N) is 2. The topological polar surface area (TPSA) is 51.7 Å². The second-order valence-corrected chi connectivity index (χ2v) is 8.79. The molecule has 0 bridgehead atoms. The van der Waals surface area contributed by atoms with Gasteiger partial charge in [0.2, 0.25) is 0 Å². The minimum absolute atomic E-state index is 0.170. The molecule has 0 radical (unpaired) electrons. The van der Waals surface area contributed by atoms with Crippen molar-refractivity contribution in [1.29, 1.82) is 0 Å². The monoisotopic (exact) mass is 478 g/mol. The Morgan fingerprint density at radius 2 is 1.82 bits per heavy atom. The zero-order valence-electron chi connectivity index (χ0n) is 18.5. The molecule has 3 aromatic carbocycles. The van der Waals surface area contributed by atoms with E-state index in [2.05, 4.69) is 0 Å². The zero-order valence-corrected chi connectivity index (χ0v) is 20.1. The van der Waals surface area contributed by atoms with Gasteiger partial charge in [0.05, 0.1) is 31.0 Å². The fourth-order valence-electron chi connectivity index (χ4n) is 3.42. The summed E-state index contributed by atoms with van der Waals surface area (Å²) in [6.45, 7) is 2.34. The van der Waals surface area contributed by atoms with Gasteiger partial charge in [0.25, 0.3) is 5.91 Å². The van der Waals surface area contributed by atoms with Gasteiger partial charge in [0.15, 0.2) is 16.6 Å². The Morgan fingerprint density at radius 3 is 2.55 bits per heavy atom. The fraction of sp³-hybridized carbons (Fsp3) is 0.154. The summed E-state index contributed by atoms with van der Waals surface area (Å²) in [4.78, 5) is 19.8. The van der Waals surface area contributed by atoms with Crippen LogP contribution in [0.15, 0.2) is 66.7 Å². The molecule has 0 N–H and O–H groups in total. The summed E-state index contributed by atoms with van der Waals surface area (Å²) in [5.74, 6) is 1.07. The molecule has 0 fully saturated rings. The molecule has 0 aliphatic heterocycles. The van der Waals surface area contributed by atoms with E-state index in [-0.39, 0.29) is 5.91 Å². The number of halogens is 1. The minimum atomic E-state index is -0.170. The van der Waals surface area contributed by atoms with Gasteiger partial charge < -0.3 is 9.47 Å². The van der Waals surface area contributed by atoms with E-state index in [1.807, 2.05) is 67.6 Å². The third-order valence-electron chi connectivity index (χ3n) is 5.24. The number of amides is 1. The van der Waals surface area contributed by atoms with Gasteiger partial charge in [-0.25, -0.2) is 4.98 Å². The summed E-state index contributed by atoms with van der Waals surface area (Å²) >= 11 is 7.76. The molecule has 0 saturated carbocycles. The molecule has 1 amide bonds. The summed E-state index contributed by atoms with van der Waals surface area (Å²) in [6, 6.07) is 19.2. The largest absolute Gasteiger partial charge is 0.493 e. The van der Waals surface area contributed by atoms with Crippen molar-refractivity contribution in [3.8, 4) is 11.5 Å². The van der Waals surface area contributed by atoms with Crippen molar-refractivity contribution in [2.24, 2.45) is 0 Å². The van der Waals surface area contributed by atoms with Crippen LogP contribution in [0.5, 0.6) is 11.5 Å². The molecule has 4 rings (SSSR count). The molecule has 1 aromatic heterocycles. The van der Waals surface area contributed by atoms with Crippen molar-refractivity contribution in [2.45, 2.75) is 13.5 Å². The molecule has 1 heterocycles. The minimum Gasteiger partial charge on any atom is -0.493 e. The first-order valence-electron chi connectivity index (χ1n) is 10.3. The molecule has 7 heteroatoms. The Bertz CT molecular complexity index is 1320. The molecule has 0 unspecified atom stereocenters. The van der Waals surface area contributed by atoms with Crippen molar-refractivity contribution < 1.29 is 14.3 Å². The number of carbonyl (C=O) groups is 1. The van der Waals surface area contributed by atoms with Gasteiger partial charge in [0, 0.05) is 11.1 Å². The highest BCUT2D eigenvalue weighted by Gasteiger charge is 2.19. The number of aryl methyl sites for hydroxylation is 1. The predicted octanol–water partition coefficient (Wildman–Crippen LogP) is 6.52. The third-order valence-corrected chi connectivity index (χ3v) is 6.70. The summed E-state index contributed by atoms with van der Waals surface area (Å²) in [6.07, 6.45) is 3.31. The van der Waals surface area contributed by atoms with Crippen LogP contribution < -0.4 is 14.4 Å². The highest BCUT2D eigenvalue weighted by Crippen LogP contribution is 2.34. The maximum absolute atomic E-state index is 13.4. The van der Waals surface area contributed by atoms with Crippen LogP contribution in [0.3, 0.4) is 0 Å². The predicted molar refractivity (Wildman–Crippen MR) is 136 cm³/mol. The van der Waals surface area contributed by atoms with Gasteiger partial charge >= 0.3 is 0 Å². The number of carbonyl (C=O) groups excluding carboxylic acids is 1. The first-order valence-corrected chi connectivity index (χ1v) is 11.5. The molecule has 0 aliphatic carbocycles. The van der Waals surface area contributed by atoms with Crippen molar-refractivity contribution in [1.82, 2.24) is 4.98 Å². The van der Waals surface area contributed by atoms with E-state index >= 15 is 0 Å². The van der Waals surface area contributed by atoms with E-state index in [0.717, 1.165) is 26.9 Å². The normalized spacial score (nSPS) is 11.2. The Labute approximate surface area is 201 Å². The lowest BCUT2D eigenvalue weighted by atomic mass is 10.1. The number of aromatic nitrogens is 1. The van der Waals surface area contributed by atoms with Crippen molar-refractivity contribution in [3.05, 3.63) is 88.5 Å². The molecule has 0 atom stereocenters. The van der Waals surface area contributed by atoms with Crippen LogP contribution in [-0.4, -0.2) is 25.1 Å². The Hall–Kier alpha value is -3.35. The highest BCUT2D eigenvalue weighted by atomic mass is 35.5. The van der Waals surface area contributed by atoms with E-state index < -0.39 is 0 Å². The maximum Gasteiger partial charge on any atom is 0.253 e. The lowest BCUT2D eigenvalue weighted by Gasteiger charge is -2.18. The van der Waals surface area contributed by atoms with Crippen LogP contribution in [0.2, 0.25) is 5.02 Å². The molecule has 5 nitrogen and oxygen atoms in total. The van der Waals surface area contributed by atoms with E-state index in [1.54, 1.807) is 31.3 Å². The van der Waals surface area contributed by atoms with Crippen molar-refractivity contribution in [3.63, 3.8) is 0 Å². The van der Waals surface area contributed by atoms with Crippen molar-refractivity contribution in [2.75, 3.05) is 19.1 Å². The van der Waals surface area contributed by atoms with Crippen LogP contribution >= 0.6 is 22.9 Å². The summed E-state index contributed by atoms with van der Waals surface area (Å²) in [7, 11) is 3.17. The zero-order chi connectivity index (χ0) is 23.4. The lowest BCUT2D eigenvalue weighted by molar-refractivity contribution is -0.114. The van der Waals surface area contributed by atoms with Gasteiger partial charge in [0.1, 0.15) is 0 Å². The smallest absolute Gasteiger partial charge is 0.253 e. The molecule has 33 heavy (non-hydrogen) atoms. The van der Waals surface area contributed by atoms with E-state index in [0.29, 0.717) is 28.2 Å². The average Bonchev–Trinajstić information content (AvgIpc) is 3.28. The van der Waals surface area contributed by atoms with Crippen LogP contribution in [-0.2, 0) is 11.3 Å². The summed E-state index contributed by atoms with van der Waals surface area (Å²) in [5.41, 5.74) is 3.56. The number of hydrogen-bond donors (Lipinski definition) is 0. The van der Waals surface area contributed by atoms with Gasteiger partial charge in [-0.3, -0.25) is 9.69 Å². The molecular weight excluding hydrogens is 456 g/mol.